The first-order valence-corrected chi connectivity index (χ1v) is 5.69. The van der Waals surface area contributed by atoms with Gasteiger partial charge in [0.2, 0.25) is 5.78 Å². The molecule has 1 atom stereocenters. The molecule has 4 nitrogen and oxygen atoms in total. The monoisotopic (exact) mass is 287 g/mol. The molecule has 0 bridgehead atoms. The van der Waals surface area contributed by atoms with E-state index in [2.05, 4.69) is 4.99 Å². The van der Waals surface area contributed by atoms with Crippen molar-refractivity contribution >= 4 is 18.0 Å². The van der Waals surface area contributed by atoms with Crippen LogP contribution in [0.5, 0.6) is 0 Å². The lowest BCUT2D eigenvalue weighted by Gasteiger charge is -2.07. The van der Waals surface area contributed by atoms with Gasteiger partial charge in [0.1, 0.15) is 0 Å². The minimum absolute atomic E-state index is 0.0485. The van der Waals surface area contributed by atoms with Gasteiger partial charge >= 0.3 is 12.1 Å². The van der Waals surface area contributed by atoms with E-state index in [1.807, 2.05) is 0 Å². The van der Waals surface area contributed by atoms with Crippen molar-refractivity contribution in [2.75, 3.05) is 0 Å². The molecule has 0 fully saturated rings. The van der Waals surface area contributed by atoms with Crippen LogP contribution in [0.4, 0.5) is 13.2 Å². The molecule has 20 heavy (non-hydrogen) atoms. The number of carboxylic acids is 1. The molecule has 1 aromatic carbocycles. The van der Waals surface area contributed by atoms with Crippen LogP contribution in [0, 0.1) is 0 Å². The number of aliphatic carboxylic acids is 1. The lowest BCUT2D eigenvalue weighted by Crippen LogP contribution is -2.24. The van der Waals surface area contributed by atoms with Crippen molar-refractivity contribution in [3.05, 3.63) is 35.9 Å². The minimum atomic E-state index is -4.93. The second-order valence-electron chi connectivity index (χ2n) is 4.00. The largest absolute Gasteiger partial charge is 0.480 e. The van der Waals surface area contributed by atoms with Crippen molar-refractivity contribution in [1.82, 2.24) is 0 Å². The van der Waals surface area contributed by atoms with E-state index in [1.165, 1.54) is 0 Å². The van der Waals surface area contributed by atoms with Gasteiger partial charge in [0, 0.05) is 12.6 Å². The van der Waals surface area contributed by atoms with Crippen LogP contribution in [0.15, 0.2) is 35.3 Å². The van der Waals surface area contributed by atoms with Crippen molar-refractivity contribution < 1.29 is 27.9 Å². The number of nitrogens with zero attached hydrogens (tertiary/aromatic N) is 1. The molecule has 1 N–H and O–H groups in total. The number of rotatable bonds is 6. The molecule has 0 saturated carbocycles. The number of ketones is 1. The number of hydrogen-bond donors (Lipinski definition) is 1. The van der Waals surface area contributed by atoms with Crippen molar-refractivity contribution in [3.63, 3.8) is 0 Å². The molecule has 0 heterocycles. The molecule has 108 valence electrons. The zero-order valence-electron chi connectivity index (χ0n) is 10.3. The SMILES string of the molecule is O=C(O)[C@H](Cc1ccccc1)N=CCC(=O)C(F)(F)F. The fourth-order valence-electron chi connectivity index (χ4n) is 1.42. The van der Waals surface area contributed by atoms with Gasteiger partial charge in [-0.05, 0) is 5.56 Å². The quantitative estimate of drug-likeness (QED) is 0.816. The first-order chi connectivity index (χ1) is 9.30. The van der Waals surface area contributed by atoms with Gasteiger partial charge in [0.25, 0.3) is 0 Å². The van der Waals surface area contributed by atoms with Crippen molar-refractivity contribution in [2.24, 2.45) is 4.99 Å². The molecule has 7 heteroatoms. The number of carbonyl (C=O) groups excluding carboxylic acids is 1. The molecule has 0 saturated heterocycles. The first-order valence-electron chi connectivity index (χ1n) is 5.69. The Labute approximate surface area is 112 Å². The topological polar surface area (TPSA) is 66.7 Å². The van der Waals surface area contributed by atoms with E-state index in [1.54, 1.807) is 30.3 Å². The number of hydrogen-bond acceptors (Lipinski definition) is 3. The predicted octanol–water partition coefficient (Wildman–Crippen LogP) is 2.27. The average Bonchev–Trinajstić information content (AvgIpc) is 2.37. The summed E-state index contributed by atoms with van der Waals surface area (Å²) in [7, 11) is 0. The molecule has 0 aliphatic carbocycles. The molecule has 0 radical (unpaired) electrons. The number of alkyl halides is 3. The number of halogens is 3. The molecule has 1 aromatic rings. The molecular formula is C13H12F3NO3. The number of carboxylic acid groups (broad SMARTS) is 1. The molecule has 0 unspecified atom stereocenters. The highest BCUT2D eigenvalue weighted by atomic mass is 19.4. The summed E-state index contributed by atoms with van der Waals surface area (Å²) in [5.74, 6) is -3.21. The number of benzene rings is 1. The Hall–Kier alpha value is -2.18. The maximum atomic E-state index is 12.0. The van der Waals surface area contributed by atoms with Crippen molar-refractivity contribution in [3.8, 4) is 0 Å². The van der Waals surface area contributed by atoms with Crippen LogP contribution in [-0.2, 0) is 16.0 Å². The van der Waals surface area contributed by atoms with E-state index < -0.39 is 30.4 Å². The fraction of sp³-hybridized carbons (Fsp3) is 0.308. The van der Waals surface area contributed by atoms with Crippen LogP contribution in [0.1, 0.15) is 12.0 Å². The van der Waals surface area contributed by atoms with Gasteiger partial charge in [-0.2, -0.15) is 13.2 Å². The maximum Gasteiger partial charge on any atom is 0.450 e. The van der Waals surface area contributed by atoms with Crippen LogP contribution in [0.2, 0.25) is 0 Å². The molecule has 1 rings (SSSR count). The van der Waals surface area contributed by atoms with E-state index in [-0.39, 0.29) is 6.42 Å². The highest BCUT2D eigenvalue weighted by Crippen LogP contribution is 2.17. The van der Waals surface area contributed by atoms with Gasteiger partial charge < -0.3 is 5.11 Å². The molecule has 0 aliphatic heterocycles. The Kier molecular flexibility index (Phi) is 5.42. The number of carbonyl (C=O) groups is 2. The summed E-state index contributed by atoms with van der Waals surface area (Å²) in [6.07, 6.45) is -5.13. The summed E-state index contributed by atoms with van der Waals surface area (Å²) in [6.45, 7) is 0. The van der Waals surface area contributed by atoms with Crippen molar-refractivity contribution in [2.45, 2.75) is 25.1 Å². The molecule has 0 aliphatic rings. The van der Waals surface area contributed by atoms with Gasteiger partial charge in [-0.25, -0.2) is 4.79 Å². The minimum Gasteiger partial charge on any atom is -0.480 e. The molecule has 0 aromatic heterocycles. The van der Waals surface area contributed by atoms with E-state index in [0.29, 0.717) is 11.8 Å². The Morgan fingerprint density at radius 1 is 1.25 bits per heavy atom. The maximum absolute atomic E-state index is 12.0. The van der Waals surface area contributed by atoms with Gasteiger partial charge in [0.15, 0.2) is 6.04 Å². The summed E-state index contributed by atoms with van der Waals surface area (Å²) in [6, 6.07) is 7.35. The highest BCUT2D eigenvalue weighted by molar-refractivity contribution is 5.95. The molecule has 0 amide bonds. The Bertz CT molecular complexity index is 497. The average molecular weight is 287 g/mol. The number of aliphatic imine (C=N–C) groups is 1. The van der Waals surface area contributed by atoms with Crippen LogP contribution >= 0.6 is 0 Å². The third-order valence-electron chi connectivity index (χ3n) is 2.44. The molecular weight excluding hydrogens is 275 g/mol. The molecule has 0 spiro atoms. The number of Topliss-reactive ketones (excluding diaryl/α,β-unsaturated/α-hetero) is 1. The summed E-state index contributed by atoms with van der Waals surface area (Å²) >= 11 is 0. The lowest BCUT2D eigenvalue weighted by atomic mass is 10.1. The van der Waals surface area contributed by atoms with Crippen LogP contribution in [-0.4, -0.2) is 35.3 Å². The zero-order valence-corrected chi connectivity index (χ0v) is 10.3. The predicted molar refractivity (Wildman–Crippen MR) is 65.7 cm³/mol. The smallest absolute Gasteiger partial charge is 0.450 e. The fourth-order valence-corrected chi connectivity index (χ4v) is 1.42. The first kappa shape index (κ1) is 15.9. The van der Waals surface area contributed by atoms with E-state index >= 15 is 0 Å². The van der Waals surface area contributed by atoms with E-state index in [4.69, 9.17) is 5.11 Å². The third-order valence-corrected chi connectivity index (χ3v) is 2.44. The summed E-state index contributed by atoms with van der Waals surface area (Å²) in [4.78, 5) is 25.1. The van der Waals surface area contributed by atoms with Crippen molar-refractivity contribution in [1.29, 1.82) is 0 Å². The lowest BCUT2D eigenvalue weighted by molar-refractivity contribution is -0.169. The Balaban J connectivity index is 2.65. The zero-order chi connectivity index (χ0) is 15.2. The van der Waals surface area contributed by atoms with Crippen LogP contribution in [0.3, 0.4) is 0 Å². The van der Waals surface area contributed by atoms with Crippen LogP contribution < -0.4 is 0 Å². The normalized spacial score (nSPS) is 13.3. The second kappa shape index (κ2) is 6.83. The highest BCUT2D eigenvalue weighted by Gasteiger charge is 2.37. The van der Waals surface area contributed by atoms with E-state index in [0.717, 1.165) is 0 Å². The summed E-state index contributed by atoms with van der Waals surface area (Å²) in [5.41, 5.74) is 0.694. The van der Waals surface area contributed by atoms with Gasteiger partial charge in [-0.3, -0.25) is 9.79 Å². The van der Waals surface area contributed by atoms with E-state index in [9.17, 15) is 22.8 Å². The van der Waals surface area contributed by atoms with Crippen LogP contribution in [0.25, 0.3) is 0 Å². The van der Waals surface area contributed by atoms with Gasteiger partial charge in [-0.1, -0.05) is 30.3 Å². The Morgan fingerprint density at radius 2 is 1.85 bits per heavy atom. The Morgan fingerprint density at radius 3 is 2.35 bits per heavy atom. The van der Waals surface area contributed by atoms with Gasteiger partial charge in [-0.15, -0.1) is 0 Å². The standard InChI is InChI=1S/C13H12F3NO3/c14-13(15,16)11(18)6-7-17-10(12(19)20)8-9-4-2-1-3-5-9/h1-5,7,10H,6,8H2,(H,19,20)/t10-/m0/s1. The van der Waals surface area contributed by atoms with Gasteiger partial charge in [0.05, 0.1) is 6.42 Å². The second-order valence-corrected chi connectivity index (χ2v) is 4.00. The summed E-state index contributed by atoms with van der Waals surface area (Å²) in [5, 5.41) is 8.94. The summed E-state index contributed by atoms with van der Waals surface area (Å²) < 4.78 is 35.9. The third kappa shape index (κ3) is 5.21.